The highest BCUT2D eigenvalue weighted by Crippen LogP contribution is 2.23. The number of hydrogen-bond donors (Lipinski definition) is 1. The molecule has 0 aliphatic rings. The van der Waals surface area contributed by atoms with Crippen molar-refractivity contribution in [3.63, 3.8) is 0 Å². The van der Waals surface area contributed by atoms with Crippen molar-refractivity contribution in [3.05, 3.63) is 59.2 Å². The molecule has 0 aliphatic carbocycles. The highest BCUT2D eigenvalue weighted by Gasteiger charge is 2.11. The largest absolute Gasteiger partial charge is 0.497 e. The van der Waals surface area contributed by atoms with E-state index in [-0.39, 0.29) is 5.91 Å². The Balaban J connectivity index is 1.68. The van der Waals surface area contributed by atoms with Crippen LogP contribution >= 0.6 is 11.3 Å². The fourth-order valence-corrected chi connectivity index (χ4v) is 3.00. The van der Waals surface area contributed by atoms with Crippen molar-refractivity contribution in [2.24, 2.45) is 0 Å². The van der Waals surface area contributed by atoms with Crippen molar-refractivity contribution >= 4 is 17.2 Å². The zero-order valence-electron chi connectivity index (χ0n) is 13.9. The van der Waals surface area contributed by atoms with Gasteiger partial charge >= 0.3 is 0 Å². The molecule has 0 saturated carbocycles. The van der Waals surface area contributed by atoms with Gasteiger partial charge in [0.2, 0.25) is 0 Å². The third-order valence-electron chi connectivity index (χ3n) is 3.48. The average molecular weight is 355 g/mol. The number of thiazole rings is 1. The van der Waals surface area contributed by atoms with E-state index in [1.807, 2.05) is 23.6 Å². The molecule has 3 rings (SSSR count). The Morgan fingerprint density at radius 1 is 1.16 bits per heavy atom. The van der Waals surface area contributed by atoms with Gasteiger partial charge in [0.1, 0.15) is 16.5 Å². The van der Waals surface area contributed by atoms with Gasteiger partial charge in [0.15, 0.2) is 0 Å². The fourth-order valence-electron chi connectivity index (χ4n) is 2.21. The maximum absolute atomic E-state index is 12.4. The van der Waals surface area contributed by atoms with Gasteiger partial charge in [0.25, 0.3) is 5.91 Å². The van der Waals surface area contributed by atoms with Crippen LogP contribution in [-0.2, 0) is 6.54 Å². The molecular weight excluding hydrogens is 338 g/mol. The third kappa shape index (κ3) is 4.13. The molecule has 3 aromatic rings. The Hall–Kier alpha value is -2.93. The SMILES string of the molecule is COc1cc(OC)cc(C(=O)NCc2csc(-c3ccccn3)n2)c1. The van der Waals surface area contributed by atoms with Crippen LogP contribution in [0.4, 0.5) is 0 Å². The minimum Gasteiger partial charge on any atom is -0.497 e. The molecule has 2 heterocycles. The van der Waals surface area contributed by atoms with Crippen LogP contribution in [0, 0.1) is 0 Å². The van der Waals surface area contributed by atoms with E-state index in [2.05, 4.69) is 15.3 Å². The van der Waals surface area contributed by atoms with E-state index in [1.54, 1.807) is 38.6 Å². The number of amides is 1. The van der Waals surface area contributed by atoms with E-state index in [0.717, 1.165) is 16.4 Å². The zero-order chi connectivity index (χ0) is 17.6. The van der Waals surface area contributed by atoms with Crippen LogP contribution in [0.25, 0.3) is 10.7 Å². The number of nitrogens with one attached hydrogen (secondary N) is 1. The molecule has 0 atom stereocenters. The van der Waals surface area contributed by atoms with Crippen LogP contribution in [0.15, 0.2) is 48.0 Å². The first-order valence-electron chi connectivity index (χ1n) is 7.56. The Bertz CT molecular complexity index is 843. The Labute approximate surface area is 149 Å². The Morgan fingerprint density at radius 3 is 2.56 bits per heavy atom. The van der Waals surface area contributed by atoms with Gasteiger partial charge in [-0.3, -0.25) is 9.78 Å². The normalized spacial score (nSPS) is 10.3. The first-order chi connectivity index (χ1) is 12.2. The lowest BCUT2D eigenvalue weighted by Gasteiger charge is -2.08. The molecule has 1 amide bonds. The summed E-state index contributed by atoms with van der Waals surface area (Å²) in [5.74, 6) is 0.913. The second-order valence-corrected chi connectivity index (χ2v) is 6.00. The van der Waals surface area contributed by atoms with E-state index >= 15 is 0 Å². The van der Waals surface area contributed by atoms with Gasteiger partial charge in [-0.1, -0.05) is 6.07 Å². The Morgan fingerprint density at radius 2 is 1.92 bits per heavy atom. The van der Waals surface area contributed by atoms with E-state index in [9.17, 15) is 4.79 Å². The molecule has 0 fully saturated rings. The van der Waals surface area contributed by atoms with Crippen molar-refractivity contribution in [3.8, 4) is 22.2 Å². The number of aromatic nitrogens is 2. The van der Waals surface area contributed by atoms with Crippen LogP contribution in [0.1, 0.15) is 16.1 Å². The second-order valence-electron chi connectivity index (χ2n) is 5.14. The van der Waals surface area contributed by atoms with Crippen LogP contribution in [0.3, 0.4) is 0 Å². The molecule has 0 aliphatic heterocycles. The van der Waals surface area contributed by atoms with Crippen molar-refractivity contribution in [1.82, 2.24) is 15.3 Å². The number of hydrogen-bond acceptors (Lipinski definition) is 6. The van der Waals surface area contributed by atoms with Crippen molar-refractivity contribution < 1.29 is 14.3 Å². The molecule has 1 N–H and O–H groups in total. The van der Waals surface area contributed by atoms with E-state index in [0.29, 0.717) is 23.6 Å². The van der Waals surface area contributed by atoms with Crippen LogP contribution < -0.4 is 14.8 Å². The molecule has 7 heteroatoms. The summed E-state index contributed by atoms with van der Waals surface area (Å²) in [5.41, 5.74) is 2.08. The number of carbonyl (C=O) groups excluding carboxylic acids is 1. The Kier molecular flexibility index (Phi) is 5.25. The fraction of sp³-hybridized carbons (Fsp3) is 0.167. The quantitative estimate of drug-likeness (QED) is 0.735. The molecule has 25 heavy (non-hydrogen) atoms. The lowest BCUT2D eigenvalue weighted by atomic mass is 10.2. The minimum absolute atomic E-state index is 0.218. The van der Waals surface area contributed by atoms with Gasteiger partial charge in [0, 0.05) is 23.2 Å². The smallest absolute Gasteiger partial charge is 0.251 e. The summed E-state index contributed by atoms with van der Waals surface area (Å²) in [6, 6.07) is 10.7. The van der Waals surface area contributed by atoms with Gasteiger partial charge in [-0.05, 0) is 24.3 Å². The summed E-state index contributed by atoms with van der Waals surface area (Å²) in [5, 5.41) is 5.60. The molecule has 6 nitrogen and oxygen atoms in total. The first-order valence-corrected chi connectivity index (χ1v) is 8.44. The summed E-state index contributed by atoms with van der Waals surface area (Å²) in [6.45, 7) is 0.335. The first kappa shape index (κ1) is 16.9. The molecule has 0 unspecified atom stereocenters. The number of benzene rings is 1. The highest BCUT2D eigenvalue weighted by atomic mass is 32.1. The molecule has 1 aromatic carbocycles. The van der Waals surface area contributed by atoms with E-state index in [1.165, 1.54) is 11.3 Å². The summed E-state index contributed by atoms with van der Waals surface area (Å²) < 4.78 is 10.4. The van der Waals surface area contributed by atoms with Gasteiger partial charge in [-0.25, -0.2) is 4.98 Å². The van der Waals surface area contributed by atoms with Gasteiger partial charge in [0.05, 0.1) is 32.2 Å². The zero-order valence-corrected chi connectivity index (χ0v) is 14.7. The standard InChI is InChI=1S/C18H17N3O3S/c1-23-14-7-12(8-15(9-14)24-2)17(22)20-10-13-11-25-18(21-13)16-5-3-4-6-19-16/h3-9,11H,10H2,1-2H3,(H,20,22). The lowest BCUT2D eigenvalue weighted by molar-refractivity contribution is 0.0949. The maximum atomic E-state index is 12.4. The van der Waals surface area contributed by atoms with Crippen molar-refractivity contribution in [2.75, 3.05) is 14.2 Å². The summed E-state index contributed by atoms with van der Waals surface area (Å²) in [6.07, 6.45) is 1.73. The summed E-state index contributed by atoms with van der Waals surface area (Å²) >= 11 is 1.50. The average Bonchev–Trinajstić information content (AvgIpc) is 3.15. The van der Waals surface area contributed by atoms with Gasteiger partial charge < -0.3 is 14.8 Å². The molecule has 2 aromatic heterocycles. The number of ether oxygens (including phenoxy) is 2. The van der Waals surface area contributed by atoms with Crippen LogP contribution in [-0.4, -0.2) is 30.1 Å². The predicted octanol–water partition coefficient (Wildman–Crippen LogP) is 3.15. The number of nitrogens with zero attached hydrogens (tertiary/aromatic N) is 2. The predicted molar refractivity (Wildman–Crippen MR) is 96.1 cm³/mol. The maximum Gasteiger partial charge on any atom is 0.251 e. The second kappa shape index (κ2) is 7.76. The van der Waals surface area contributed by atoms with Gasteiger partial charge in [-0.15, -0.1) is 11.3 Å². The summed E-state index contributed by atoms with van der Waals surface area (Å²) in [7, 11) is 3.09. The lowest BCUT2D eigenvalue weighted by Crippen LogP contribution is -2.23. The molecule has 0 bridgehead atoms. The number of methoxy groups -OCH3 is 2. The molecule has 0 spiro atoms. The number of pyridine rings is 1. The highest BCUT2D eigenvalue weighted by molar-refractivity contribution is 7.13. The molecule has 128 valence electrons. The molecular formula is C18H17N3O3S. The number of rotatable bonds is 6. The number of carbonyl (C=O) groups is 1. The van der Waals surface area contributed by atoms with Crippen LogP contribution in [0.2, 0.25) is 0 Å². The van der Waals surface area contributed by atoms with E-state index in [4.69, 9.17) is 9.47 Å². The van der Waals surface area contributed by atoms with E-state index < -0.39 is 0 Å². The third-order valence-corrected chi connectivity index (χ3v) is 4.39. The molecule has 0 radical (unpaired) electrons. The van der Waals surface area contributed by atoms with Gasteiger partial charge in [-0.2, -0.15) is 0 Å². The minimum atomic E-state index is -0.218. The molecule has 0 saturated heterocycles. The topological polar surface area (TPSA) is 73.3 Å². The van der Waals surface area contributed by atoms with Crippen molar-refractivity contribution in [1.29, 1.82) is 0 Å². The van der Waals surface area contributed by atoms with Crippen molar-refractivity contribution in [2.45, 2.75) is 6.54 Å². The monoisotopic (exact) mass is 355 g/mol. The summed E-state index contributed by atoms with van der Waals surface area (Å²) in [4.78, 5) is 21.2. The van der Waals surface area contributed by atoms with Crippen LogP contribution in [0.5, 0.6) is 11.5 Å².